The van der Waals surface area contributed by atoms with Gasteiger partial charge in [0.25, 0.3) is 0 Å². The van der Waals surface area contributed by atoms with Crippen LogP contribution in [0, 0.1) is 5.92 Å². The Balaban J connectivity index is 2.12. The van der Waals surface area contributed by atoms with Gasteiger partial charge in [0.05, 0.1) is 12.5 Å². The van der Waals surface area contributed by atoms with E-state index in [1.807, 2.05) is 13.8 Å². The molecule has 12 nitrogen and oxygen atoms in total. The van der Waals surface area contributed by atoms with Crippen molar-refractivity contribution in [2.24, 2.45) is 17.4 Å². The number of rotatable bonds is 15. The number of carboxylic acids is 1. The van der Waals surface area contributed by atoms with Gasteiger partial charge in [0.2, 0.25) is 23.6 Å². The number of phenolic OH excluding ortho intramolecular Hbond substituents is 1. The van der Waals surface area contributed by atoms with E-state index < -0.39 is 60.2 Å². The maximum absolute atomic E-state index is 13.1. The first kappa shape index (κ1) is 31.8. The largest absolute Gasteiger partial charge is 0.508 e. The molecule has 0 aliphatic heterocycles. The fraction of sp³-hybridized carbons (Fsp3) is 0.393. The minimum atomic E-state index is -1.42. The Labute approximate surface area is 232 Å². The third-order valence-electron chi connectivity index (χ3n) is 6.00. The van der Waals surface area contributed by atoms with E-state index in [4.69, 9.17) is 11.5 Å². The Kier molecular flexibility index (Phi) is 12.1. The zero-order valence-electron chi connectivity index (χ0n) is 22.5. The van der Waals surface area contributed by atoms with Crippen molar-refractivity contribution in [1.29, 1.82) is 0 Å². The predicted molar refractivity (Wildman–Crippen MR) is 147 cm³/mol. The van der Waals surface area contributed by atoms with Gasteiger partial charge in [0, 0.05) is 6.42 Å². The third-order valence-corrected chi connectivity index (χ3v) is 6.00. The second-order valence-electron chi connectivity index (χ2n) is 9.99. The number of carbonyl (C=O) groups excluding carboxylic acids is 4. The van der Waals surface area contributed by atoms with Gasteiger partial charge < -0.3 is 37.6 Å². The van der Waals surface area contributed by atoms with Crippen molar-refractivity contribution >= 4 is 29.6 Å². The van der Waals surface area contributed by atoms with E-state index >= 15 is 0 Å². The molecule has 0 heterocycles. The Morgan fingerprint density at radius 3 is 1.82 bits per heavy atom. The molecule has 12 heteroatoms. The second-order valence-corrected chi connectivity index (χ2v) is 9.99. The maximum Gasteiger partial charge on any atom is 0.326 e. The Bertz CT molecular complexity index is 1170. The van der Waals surface area contributed by atoms with Crippen LogP contribution in [0.2, 0.25) is 0 Å². The summed E-state index contributed by atoms with van der Waals surface area (Å²) >= 11 is 0. The highest BCUT2D eigenvalue weighted by molar-refractivity contribution is 5.96. The average Bonchev–Trinajstić information content (AvgIpc) is 2.88. The third kappa shape index (κ3) is 10.7. The molecule has 216 valence electrons. The van der Waals surface area contributed by atoms with Gasteiger partial charge in [-0.3, -0.25) is 19.2 Å². The van der Waals surface area contributed by atoms with Crippen molar-refractivity contribution in [3.63, 3.8) is 0 Å². The molecule has 4 atom stereocenters. The molecular weight excluding hydrogens is 518 g/mol. The standard InChI is InChI=1S/C28H37N5O7/c1-16(2)12-21(26(37)33-23(28(39)40)14-17-6-4-3-5-7-17)32-27(38)22(15-24(30)35)31-25(36)20(29)13-18-8-10-19(34)11-9-18/h3-11,16,20-23,34H,12-15,29H2,1-2H3,(H2,30,35)(H,31,36)(H,32,38)(H,33,37)(H,39,40). The van der Waals surface area contributed by atoms with Gasteiger partial charge in [-0.1, -0.05) is 56.3 Å². The predicted octanol–water partition coefficient (Wildman–Crippen LogP) is -0.0348. The Morgan fingerprint density at radius 2 is 1.27 bits per heavy atom. The second kappa shape index (κ2) is 15.2. The first-order valence-corrected chi connectivity index (χ1v) is 12.8. The number of nitrogens with two attached hydrogens (primary N) is 2. The molecule has 0 spiro atoms. The highest BCUT2D eigenvalue weighted by Crippen LogP contribution is 2.12. The summed E-state index contributed by atoms with van der Waals surface area (Å²) in [4.78, 5) is 62.5. The van der Waals surface area contributed by atoms with Crippen LogP contribution in [0.5, 0.6) is 5.75 Å². The summed E-state index contributed by atoms with van der Waals surface area (Å²) in [6, 6.07) is 9.92. The summed E-state index contributed by atoms with van der Waals surface area (Å²) in [6.45, 7) is 3.63. The molecular formula is C28H37N5O7. The lowest BCUT2D eigenvalue weighted by atomic mass is 10.0. The smallest absolute Gasteiger partial charge is 0.326 e. The molecule has 0 aromatic heterocycles. The molecule has 2 aromatic rings. The average molecular weight is 556 g/mol. The molecule has 0 saturated heterocycles. The molecule has 4 amide bonds. The van der Waals surface area contributed by atoms with Crippen molar-refractivity contribution in [3.05, 3.63) is 65.7 Å². The van der Waals surface area contributed by atoms with Crippen molar-refractivity contribution < 1.29 is 34.2 Å². The summed E-state index contributed by atoms with van der Waals surface area (Å²) in [5.74, 6) is -4.43. The zero-order valence-corrected chi connectivity index (χ0v) is 22.5. The van der Waals surface area contributed by atoms with Crippen molar-refractivity contribution in [2.75, 3.05) is 0 Å². The number of carboxylic acid groups (broad SMARTS) is 1. The highest BCUT2D eigenvalue weighted by Gasteiger charge is 2.31. The number of carbonyl (C=O) groups is 5. The Morgan fingerprint density at radius 1 is 0.750 bits per heavy atom. The van der Waals surface area contributed by atoms with E-state index in [1.54, 1.807) is 42.5 Å². The number of aromatic hydroxyl groups is 1. The summed E-state index contributed by atoms with van der Waals surface area (Å²) in [7, 11) is 0. The minimum Gasteiger partial charge on any atom is -0.508 e. The molecule has 0 aliphatic carbocycles. The SMILES string of the molecule is CC(C)CC(NC(=O)C(CC(N)=O)NC(=O)C(N)Cc1ccc(O)cc1)C(=O)NC(Cc1ccccc1)C(=O)O. The van der Waals surface area contributed by atoms with Crippen molar-refractivity contribution in [1.82, 2.24) is 16.0 Å². The lowest BCUT2D eigenvalue weighted by molar-refractivity contribution is -0.142. The van der Waals surface area contributed by atoms with Gasteiger partial charge in [-0.2, -0.15) is 0 Å². The molecule has 2 aromatic carbocycles. The molecule has 0 bridgehead atoms. The number of amides is 4. The van der Waals surface area contributed by atoms with Crippen molar-refractivity contribution in [3.8, 4) is 5.75 Å². The van der Waals surface area contributed by atoms with E-state index in [-0.39, 0.29) is 30.9 Å². The monoisotopic (exact) mass is 555 g/mol. The van der Waals surface area contributed by atoms with Crippen LogP contribution >= 0.6 is 0 Å². The fourth-order valence-electron chi connectivity index (χ4n) is 3.97. The summed E-state index contributed by atoms with van der Waals surface area (Å²) in [5, 5.41) is 26.5. The number of aliphatic carboxylic acids is 1. The number of primary amides is 1. The quantitative estimate of drug-likeness (QED) is 0.158. The number of hydrogen-bond acceptors (Lipinski definition) is 7. The highest BCUT2D eigenvalue weighted by atomic mass is 16.4. The van der Waals surface area contributed by atoms with Crippen LogP contribution in [0.3, 0.4) is 0 Å². The molecule has 0 fully saturated rings. The van der Waals surface area contributed by atoms with Gasteiger partial charge in [0.15, 0.2) is 0 Å². The van der Waals surface area contributed by atoms with Crippen LogP contribution in [0.1, 0.15) is 37.8 Å². The van der Waals surface area contributed by atoms with E-state index in [0.29, 0.717) is 11.1 Å². The lowest BCUT2D eigenvalue weighted by Crippen LogP contribution is -2.58. The summed E-state index contributed by atoms with van der Waals surface area (Å²) < 4.78 is 0. The number of nitrogens with one attached hydrogen (secondary N) is 3. The van der Waals surface area contributed by atoms with Gasteiger partial charge in [-0.15, -0.1) is 0 Å². The minimum absolute atomic E-state index is 0.0313. The molecule has 0 saturated carbocycles. The number of hydrogen-bond donors (Lipinski definition) is 7. The van der Waals surface area contributed by atoms with E-state index in [9.17, 15) is 34.2 Å². The first-order valence-electron chi connectivity index (χ1n) is 12.8. The van der Waals surface area contributed by atoms with Crippen LogP contribution in [0.25, 0.3) is 0 Å². The molecule has 2 rings (SSSR count). The number of phenols is 1. The van der Waals surface area contributed by atoms with Crippen LogP contribution in [0.4, 0.5) is 0 Å². The molecule has 40 heavy (non-hydrogen) atoms. The number of benzene rings is 2. The van der Waals surface area contributed by atoms with Gasteiger partial charge in [0.1, 0.15) is 23.9 Å². The van der Waals surface area contributed by atoms with Crippen molar-refractivity contribution in [2.45, 2.75) is 63.7 Å². The molecule has 4 unspecified atom stereocenters. The Hall–Kier alpha value is -4.45. The lowest BCUT2D eigenvalue weighted by Gasteiger charge is -2.26. The van der Waals surface area contributed by atoms with E-state index in [1.165, 1.54) is 12.1 Å². The van der Waals surface area contributed by atoms with Crippen LogP contribution in [-0.4, -0.2) is 64.0 Å². The first-order chi connectivity index (χ1) is 18.8. The topological polar surface area (TPSA) is 214 Å². The maximum atomic E-state index is 13.1. The summed E-state index contributed by atoms with van der Waals surface area (Å²) in [5.41, 5.74) is 12.6. The molecule has 9 N–H and O–H groups in total. The molecule has 0 aliphatic rings. The van der Waals surface area contributed by atoms with Gasteiger partial charge in [-0.25, -0.2) is 4.79 Å². The van der Waals surface area contributed by atoms with Gasteiger partial charge >= 0.3 is 5.97 Å². The van der Waals surface area contributed by atoms with Crippen LogP contribution in [0.15, 0.2) is 54.6 Å². The van der Waals surface area contributed by atoms with Gasteiger partial charge in [-0.05, 0) is 42.0 Å². The molecule has 0 radical (unpaired) electrons. The summed E-state index contributed by atoms with van der Waals surface area (Å²) in [6.07, 6.45) is -0.269. The van der Waals surface area contributed by atoms with Crippen LogP contribution < -0.4 is 27.4 Å². The zero-order chi connectivity index (χ0) is 29.8. The van der Waals surface area contributed by atoms with Crippen LogP contribution in [-0.2, 0) is 36.8 Å². The normalized spacial score (nSPS) is 13.9. The fourth-order valence-corrected chi connectivity index (χ4v) is 3.97. The van der Waals surface area contributed by atoms with E-state index in [2.05, 4.69) is 16.0 Å². The van der Waals surface area contributed by atoms with E-state index in [0.717, 1.165) is 0 Å².